The number of methoxy groups -OCH3 is 1. The Morgan fingerprint density at radius 3 is 2.48 bits per heavy atom. The first-order valence-corrected chi connectivity index (χ1v) is 11.2. The number of primary amides is 1. The summed E-state index contributed by atoms with van der Waals surface area (Å²) in [7, 11) is 1.59. The molecular weight excluding hydrogens is 418 g/mol. The molecule has 0 bridgehead atoms. The molecule has 0 aliphatic carbocycles. The number of nitrogens with two attached hydrogens (primary N) is 1. The molecule has 2 aromatic heterocycles. The second kappa shape index (κ2) is 10.3. The van der Waals surface area contributed by atoms with Crippen molar-refractivity contribution in [1.82, 2.24) is 15.2 Å². The van der Waals surface area contributed by atoms with Gasteiger partial charge in [0.2, 0.25) is 5.88 Å². The van der Waals surface area contributed by atoms with Crippen molar-refractivity contribution < 1.29 is 14.3 Å². The smallest absolute Gasteiger partial charge is 0.269 e. The van der Waals surface area contributed by atoms with E-state index < -0.39 is 5.91 Å². The molecule has 8 heteroatoms. The van der Waals surface area contributed by atoms with Gasteiger partial charge in [-0.25, -0.2) is 4.98 Å². The summed E-state index contributed by atoms with van der Waals surface area (Å²) in [5.74, 6) is 1.57. The molecule has 4 rings (SSSR count). The highest BCUT2D eigenvalue weighted by molar-refractivity contribution is 5.92. The average Bonchev–Trinajstić information content (AvgIpc) is 2.85. The highest BCUT2D eigenvalue weighted by Crippen LogP contribution is 2.27. The fourth-order valence-electron chi connectivity index (χ4n) is 4.20. The van der Waals surface area contributed by atoms with Crippen molar-refractivity contribution in [2.45, 2.75) is 38.7 Å². The number of anilines is 1. The van der Waals surface area contributed by atoms with Crippen molar-refractivity contribution in [3.63, 3.8) is 0 Å². The minimum absolute atomic E-state index is 0.104. The Hall–Kier alpha value is -3.68. The van der Waals surface area contributed by atoms with Crippen LogP contribution in [0.15, 0.2) is 48.7 Å². The van der Waals surface area contributed by atoms with Crippen LogP contribution in [0.5, 0.6) is 11.6 Å². The highest BCUT2D eigenvalue weighted by atomic mass is 16.5. The van der Waals surface area contributed by atoms with Gasteiger partial charge >= 0.3 is 0 Å². The monoisotopic (exact) mass is 447 g/mol. The molecule has 8 nitrogen and oxygen atoms in total. The summed E-state index contributed by atoms with van der Waals surface area (Å²) in [6.07, 6.45) is 4.98. The zero-order chi connectivity index (χ0) is 23.2. The van der Waals surface area contributed by atoms with Crippen molar-refractivity contribution in [2.75, 3.05) is 25.1 Å². The molecule has 2 N–H and O–H groups in total. The lowest BCUT2D eigenvalue weighted by atomic mass is 9.98. The third-order valence-electron chi connectivity index (χ3n) is 6.02. The summed E-state index contributed by atoms with van der Waals surface area (Å²) < 4.78 is 11.2. The van der Waals surface area contributed by atoms with Crippen molar-refractivity contribution in [2.24, 2.45) is 5.73 Å². The van der Waals surface area contributed by atoms with Crippen LogP contribution in [0.25, 0.3) is 0 Å². The quantitative estimate of drug-likeness (QED) is 0.566. The van der Waals surface area contributed by atoms with E-state index in [4.69, 9.17) is 15.2 Å². The molecule has 1 aromatic carbocycles. The Balaban J connectivity index is 1.44. The van der Waals surface area contributed by atoms with Crippen LogP contribution in [0, 0.1) is 6.92 Å². The number of piperidine rings is 1. The van der Waals surface area contributed by atoms with Gasteiger partial charge in [0.05, 0.1) is 13.3 Å². The number of ether oxygens (including phenoxy) is 2. The molecule has 172 valence electrons. The second-order valence-corrected chi connectivity index (χ2v) is 8.17. The van der Waals surface area contributed by atoms with Gasteiger partial charge < -0.3 is 20.1 Å². The standard InChI is InChI=1S/C25H29N5O3/c1-17-21(10-8-18-6-4-3-5-7-18)23(24(26)31)28-29-25(17)30-14-12-19(13-15-30)33-20-9-11-22(32-2)27-16-20/h3-7,9,11,16,19H,8,10,12-15H2,1-2H3,(H2,26,31). The second-order valence-electron chi connectivity index (χ2n) is 8.17. The molecular formula is C25H29N5O3. The van der Waals surface area contributed by atoms with Crippen molar-refractivity contribution >= 4 is 11.7 Å². The molecule has 0 unspecified atom stereocenters. The van der Waals surface area contributed by atoms with Crippen LogP contribution in [0.3, 0.4) is 0 Å². The van der Waals surface area contributed by atoms with Gasteiger partial charge in [0.15, 0.2) is 11.5 Å². The molecule has 1 amide bonds. The van der Waals surface area contributed by atoms with Gasteiger partial charge in [0, 0.05) is 32.0 Å². The van der Waals surface area contributed by atoms with E-state index in [0.717, 1.165) is 55.0 Å². The summed E-state index contributed by atoms with van der Waals surface area (Å²) in [6.45, 7) is 3.58. The molecule has 0 atom stereocenters. The minimum Gasteiger partial charge on any atom is -0.489 e. The SMILES string of the molecule is COc1ccc(OC2CCN(c3nnc(C(N)=O)c(CCc4ccccc4)c3C)CC2)cn1. The van der Waals surface area contributed by atoms with E-state index >= 15 is 0 Å². The fourth-order valence-corrected chi connectivity index (χ4v) is 4.20. The van der Waals surface area contributed by atoms with Gasteiger partial charge in [-0.1, -0.05) is 30.3 Å². The number of carbonyl (C=O) groups is 1. The van der Waals surface area contributed by atoms with Crippen LogP contribution in [-0.4, -0.2) is 47.4 Å². The summed E-state index contributed by atoms with van der Waals surface area (Å²) >= 11 is 0. The number of pyridine rings is 1. The van der Waals surface area contributed by atoms with E-state index in [-0.39, 0.29) is 11.8 Å². The van der Waals surface area contributed by atoms with E-state index in [1.54, 1.807) is 19.4 Å². The molecule has 3 heterocycles. The number of aromatic nitrogens is 3. The van der Waals surface area contributed by atoms with Gasteiger partial charge in [0.25, 0.3) is 5.91 Å². The van der Waals surface area contributed by atoms with E-state index in [2.05, 4.69) is 32.2 Å². The van der Waals surface area contributed by atoms with Crippen molar-refractivity contribution in [3.8, 4) is 11.6 Å². The zero-order valence-corrected chi connectivity index (χ0v) is 19.0. The van der Waals surface area contributed by atoms with E-state index in [1.807, 2.05) is 31.2 Å². The number of carbonyl (C=O) groups excluding carboxylic acids is 1. The summed E-state index contributed by atoms with van der Waals surface area (Å²) in [6, 6.07) is 13.9. The third-order valence-corrected chi connectivity index (χ3v) is 6.02. The first-order chi connectivity index (χ1) is 16.0. The van der Waals surface area contributed by atoms with E-state index in [9.17, 15) is 4.79 Å². The van der Waals surface area contributed by atoms with E-state index in [1.165, 1.54) is 5.56 Å². The molecule has 1 saturated heterocycles. The number of nitrogens with zero attached hydrogens (tertiary/aromatic N) is 4. The van der Waals surface area contributed by atoms with Gasteiger partial charge in [-0.15, -0.1) is 10.2 Å². The molecule has 0 spiro atoms. The van der Waals surface area contributed by atoms with Crippen molar-refractivity contribution in [3.05, 3.63) is 71.0 Å². The zero-order valence-electron chi connectivity index (χ0n) is 19.0. The number of hydrogen-bond donors (Lipinski definition) is 1. The normalized spacial score (nSPS) is 14.2. The van der Waals surface area contributed by atoms with Gasteiger partial charge in [-0.05, 0) is 42.5 Å². The first kappa shape index (κ1) is 22.5. The van der Waals surface area contributed by atoms with E-state index in [0.29, 0.717) is 12.3 Å². The number of amides is 1. The maximum absolute atomic E-state index is 12.0. The first-order valence-electron chi connectivity index (χ1n) is 11.2. The summed E-state index contributed by atoms with van der Waals surface area (Å²) in [5, 5.41) is 8.59. The summed E-state index contributed by atoms with van der Waals surface area (Å²) in [4.78, 5) is 18.4. The molecule has 0 radical (unpaired) electrons. The Labute approximate surface area is 193 Å². The summed E-state index contributed by atoms with van der Waals surface area (Å²) in [5.41, 5.74) is 8.91. The van der Waals surface area contributed by atoms with Crippen molar-refractivity contribution in [1.29, 1.82) is 0 Å². The Bertz CT molecular complexity index is 1080. The number of aryl methyl sites for hydroxylation is 1. The lowest BCUT2D eigenvalue weighted by Gasteiger charge is -2.33. The molecule has 3 aromatic rings. The Kier molecular flexibility index (Phi) is 7.02. The molecule has 1 aliphatic heterocycles. The number of rotatable bonds is 8. The predicted molar refractivity (Wildman–Crippen MR) is 126 cm³/mol. The van der Waals surface area contributed by atoms with Crippen LogP contribution in [-0.2, 0) is 12.8 Å². The van der Waals surface area contributed by atoms with Gasteiger partial charge in [0.1, 0.15) is 11.9 Å². The lowest BCUT2D eigenvalue weighted by Crippen LogP contribution is -2.39. The maximum atomic E-state index is 12.0. The third kappa shape index (κ3) is 5.39. The number of hydrogen-bond acceptors (Lipinski definition) is 7. The number of benzene rings is 1. The molecule has 1 aliphatic rings. The fraction of sp³-hybridized carbons (Fsp3) is 0.360. The lowest BCUT2D eigenvalue weighted by molar-refractivity contribution is 0.0993. The molecule has 0 saturated carbocycles. The maximum Gasteiger partial charge on any atom is 0.269 e. The Morgan fingerprint density at radius 1 is 1.09 bits per heavy atom. The van der Waals surface area contributed by atoms with Crippen LogP contribution in [0.1, 0.15) is 40.0 Å². The van der Waals surface area contributed by atoms with Crippen LogP contribution in [0.4, 0.5) is 5.82 Å². The average molecular weight is 448 g/mol. The predicted octanol–water partition coefficient (Wildman–Crippen LogP) is 3.12. The molecule has 33 heavy (non-hydrogen) atoms. The van der Waals surface area contributed by atoms with Crippen LogP contribution < -0.4 is 20.1 Å². The highest BCUT2D eigenvalue weighted by Gasteiger charge is 2.25. The minimum atomic E-state index is -0.541. The Morgan fingerprint density at radius 2 is 1.85 bits per heavy atom. The van der Waals surface area contributed by atoms with Gasteiger partial charge in [-0.2, -0.15) is 0 Å². The van der Waals surface area contributed by atoms with Crippen LogP contribution in [0.2, 0.25) is 0 Å². The largest absolute Gasteiger partial charge is 0.489 e. The topological polar surface area (TPSA) is 103 Å². The van der Waals surface area contributed by atoms with Gasteiger partial charge in [-0.3, -0.25) is 4.79 Å². The van der Waals surface area contributed by atoms with Crippen LogP contribution >= 0.6 is 0 Å². The molecule has 1 fully saturated rings.